The molecule has 7 nitrogen and oxygen atoms in total. The summed E-state index contributed by atoms with van der Waals surface area (Å²) in [6, 6.07) is 3.86. The minimum Gasteiger partial charge on any atom is -0.595 e. The Kier molecular flexibility index (Phi) is 2.08. The smallest absolute Gasteiger partial charge is 0.281 e. The molecular formula is C9H7N3O4. The fourth-order valence-electron chi connectivity index (χ4n) is 1.44. The highest BCUT2D eigenvalue weighted by atomic mass is 16.6. The number of nitrogens with zero attached hydrogens (tertiary/aromatic N) is 3. The van der Waals surface area contributed by atoms with Gasteiger partial charge in [0, 0.05) is 13.0 Å². The van der Waals surface area contributed by atoms with Crippen molar-refractivity contribution in [3.05, 3.63) is 39.7 Å². The Balaban J connectivity index is 2.73. The van der Waals surface area contributed by atoms with Crippen molar-refractivity contribution >= 4 is 22.5 Å². The van der Waals surface area contributed by atoms with Crippen LogP contribution in [0.15, 0.2) is 24.4 Å². The zero-order valence-electron chi connectivity index (χ0n) is 8.28. The van der Waals surface area contributed by atoms with Crippen LogP contribution in [-0.4, -0.2) is 15.5 Å². The number of benzene rings is 1. The standard InChI is InChI=1S/C9H7N3O4/c1-6(13)10-5-7-2-3-8(12(15)16)4-9(7)11(10)14/h2-5H,1H3. The second-order valence-corrected chi connectivity index (χ2v) is 3.27. The third-order valence-corrected chi connectivity index (χ3v) is 2.21. The number of carbonyl (C=O) groups is 1. The number of aromatic nitrogens is 2. The third-order valence-electron chi connectivity index (χ3n) is 2.21. The van der Waals surface area contributed by atoms with Crippen molar-refractivity contribution in [3.63, 3.8) is 0 Å². The Morgan fingerprint density at radius 2 is 2.19 bits per heavy atom. The molecule has 1 aromatic carbocycles. The van der Waals surface area contributed by atoms with Gasteiger partial charge >= 0.3 is 0 Å². The summed E-state index contributed by atoms with van der Waals surface area (Å²) < 4.78 is 0.856. The molecule has 0 aliphatic heterocycles. The lowest BCUT2D eigenvalue weighted by atomic mass is 10.2. The van der Waals surface area contributed by atoms with Crippen LogP contribution in [0.2, 0.25) is 0 Å². The lowest BCUT2D eigenvalue weighted by molar-refractivity contribution is -0.656. The maximum Gasteiger partial charge on any atom is 0.281 e. The summed E-state index contributed by atoms with van der Waals surface area (Å²) in [7, 11) is 0. The van der Waals surface area contributed by atoms with E-state index < -0.39 is 10.8 Å². The van der Waals surface area contributed by atoms with Crippen LogP contribution in [0.1, 0.15) is 11.7 Å². The Hall–Kier alpha value is -2.44. The number of non-ortho nitro benzene ring substituents is 1. The van der Waals surface area contributed by atoms with E-state index in [0.29, 0.717) is 10.2 Å². The van der Waals surface area contributed by atoms with Crippen molar-refractivity contribution in [3.8, 4) is 0 Å². The molecule has 0 amide bonds. The number of carbonyl (C=O) groups excluding carboxylic acids is 1. The first-order chi connectivity index (χ1) is 7.50. The van der Waals surface area contributed by atoms with E-state index >= 15 is 0 Å². The Labute approximate surface area is 89.2 Å². The number of nitro benzene ring substituents is 1. The molecule has 82 valence electrons. The van der Waals surface area contributed by atoms with Gasteiger partial charge in [-0.05, 0) is 6.07 Å². The molecule has 7 heteroatoms. The van der Waals surface area contributed by atoms with Crippen LogP contribution in [0.5, 0.6) is 0 Å². The maximum atomic E-state index is 11.6. The van der Waals surface area contributed by atoms with Crippen molar-refractivity contribution in [1.29, 1.82) is 0 Å². The maximum absolute atomic E-state index is 11.6. The van der Waals surface area contributed by atoms with E-state index in [4.69, 9.17) is 0 Å². The predicted molar refractivity (Wildman–Crippen MR) is 53.9 cm³/mol. The minimum atomic E-state index is -0.593. The van der Waals surface area contributed by atoms with Crippen molar-refractivity contribution in [1.82, 2.24) is 4.68 Å². The van der Waals surface area contributed by atoms with Crippen LogP contribution < -0.4 is 4.85 Å². The lowest BCUT2D eigenvalue weighted by Crippen LogP contribution is -2.39. The average molecular weight is 221 g/mol. The summed E-state index contributed by atoms with van der Waals surface area (Å²) >= 11 is 0. The number of fused-ring (bicyclic) bond motifs is 1. The molecule has 0 aliphatic rings. The van der Waals surface area contributed by atoms with Gasteiger partial charge in [-0.15, -0.1) is 0 Å². The SMILES string of the molecule is CC(=O)n1cc2ccc([N+](=O)[O-])cc2[n+]1[O-]. The minimum absolute atomic E-state index is 0.101. The molecule has 1 heterocycles. The molecule has 0 radical (unpaired) electrons. The van der Waals surface area contributed by atoms with Gasteiger partial charge < -0.3 is 5.21 Å². The average Bonchev–Trinajstić information content (AvgIpc) is 2.56. The van der Waals surface area contributed by atoms with Crippen LogP contribution in [0, 0.1) is 15.3 Å². The summed E-state index contributed by atoms with van der Waals surface area (Å²) in [6.45, 7) is 1.24. The monoisotopic (exact) mass is 221 g/mol. The van der Waals surface area contributed by atoms with Crippen LogP contribution in [0.3, 0.4) is 0 Å². The predicted octanol–water partition coefficient (Wildman–Crippen LogP) is 0.843. The van der Waals surface area contributed by atoms with Crippen LogP contribution in [-0.2, 0) is 0 Å². The van der Waals surface area contributed by atoms with Gasteiger partial charge in [0.2, 0.25) is 0 Å². The molecule has 0 atom stereocenters. The Morgan fingerprint density at radius 3 is 2.75 bits per heavy atom. The quantitative estimate of drug-likeness (QED) is 0.308. The first-order valence-electron chi connectivity index (χ1n) is 4.41. The zero-order valence-corrected chi connectivity index (χ0v) is 8.28. The fraction of sp³-hybridized carbons (Fsp3) is 0.111. The van der Waals surface area contributed by atoms with Gasteiger partial charge in [0.25, 0.3) is 17.1 Å². The molecule has 0 spiro atoms. The molecule has 16 heavy (non-hydrogen) atoms. The van der Waals surface area contributed by atoms with Crippen molar-refractivity contribution in [2.24, 2.45) is 0 Å². The Morgan fingerprint density at radius 1 is 1.50 bits per heavy atom. The van der Waals surface area contributed by atoms with Gasteiger partial charge in [-0.1, -0.05) is 9.53 Å². The van der Waals surface area contributed by atoms with Gasteiger partial charge in [-0.2, -0.15) is 0 Å². The molecule has 0 bridgehead atoms. The number of rotatable bonds is 1. The third kappa shape index (κ3) is 1.38. The first kappa shape index (κ1) is 10.1. The molecule has 2 rings (SSSR count). The van der Waals surface area contributed by atoms with E-state index in [0.717, 1.165) is 10.7 Å². The van der Waals surface area contributed by atoms with E-state index in [2.05, 4.69) is 0 Å². The highest BCUT2D eigenvalue weighted by molar-refractivity contribution is 5.82. The van der Waals surface area contributed by atoms with Crippen LogP contribution >= 0.6 is 0 Å². The normalized spacial score (nSPS) is 10.6. The molecule has 0 aliphatic carbocycles. The topological polar surface area (TPSA) is 92.1 Å². The molecule has 0 saturated heterocycles. The van der Waals surface area contributed by atoms with Gasteiger partial charge in [0.1, 0.15) is 0 Å². The van der Waals surface area contributed by atoms with Gasteiger partial charge in [-0.25, -0.2) is 0 Å². The van der Waals surface area contributed by atoms with E-state index in [1.54, 1.807) is 0 Å². The summed E-state index contributed by atoms with van der Waals surface area (Å²) in [4.78, 5) is 21.3. The number of hydrogen-bond acceptors (Lipinski definition) is 4. The largest absolute Gasteiger partial charge is 0.595 e. The number of hydrogen-bond donors (Lipinski definition) is 0. The van der Waals surface area contributed by atoms with E-state index in [9.17, 15) is 20.1 Å². The van der Waals surface area contributed by atoms with Gasteiger partial charge in [0.15, 0.2) is 0 Å². The van der Waals surface area contributed by atoms with E-state index in [1.165, 1.54) is 25.3 Å². The first-order valence-corrected chi connectivity index (χ1v) is 4.41. The fourth-order valence-corrected chi connectivity index (χ4v) is 1.44. The van der Waals surface area contributed by atoms with E-state index in [-0.39, 0.29) is 11.2 Å². The number of nitro groups is 1. The zero-order chi connectivity index (χ0) is 11.9. The highest BCUT2D eigenvalue weighted by Crippen LogP contribution is 2.18. The summed E-state index contributed by atoms with van der Waals surface area (Å²) in [5.74, 6) is -0.450. The summed E-state index contributed by atoms with van der Waals surface area (Å²) in [6.07, 6.45) is 1.34. The van der Waals surface area contributed by atoms with Crippen LogP contribution in [0.25, 0.3) is 10.9 Å². The molecule has 1 aromatic heterocycles. The van der Waals surface area contributed by atoms with Crippen molar-refractivity contribution < 1.29 is 14.6 Å². The van der Waals surface area contributed by atoms with Gasteiger partial charge in [0.05, 0.1) is 22.6 Å². The van der Waals surface area contributed by atoms with E-state index in [1.807, 2.05) is 0 Å². The molecular weight excluding hydrogens is 214 g/mol. The lowest BCUT2D eigenvalue weighted by Gasteiger charge is -1.97. The second kappa shape index (κ2) is 3.30. The molecule has 0 unspecified atom stereocenters. The Bertz CT molecular complexity index is 602. The van der Waals surface area contributed by atoms with Gasteiger partial charge in [-0.3, -0.25) is 14.9 Å². The second-order valence-electron chi connectivity index (χ2n) is 3.27. The molecule has 2 aromatic rings. The molecule has 0 N–H and O–H groups in total. The molecule has 0 fully saturated rings. The van der Waals surface area contributed by atoms with Crippen LogP contribution in [0.4, 0.5) is 5.69 Å². The van der Waals surface area contributed by atoms with Crippen molar-refractivity contribution in [2.45, 2.75) is 6.92 Å². The molecule has 0 saturated carbocycles. The summed E-state index contributed by atoms with van der Waals surface area (Å²) in [5.41, 5.74) is -0.0807. The summed E-state index contributed by atoms with van der Waals surface area (Å²) in [5, 5.41) is 22.6. The van der Waals surface area contributed by atoms with Crippen molar-refractivity contribution in [2.75, 3.05) is 0 Å². The highest BCUT2D eigenvalue weighted by Gasteiger charge is 2.18.